The van der Waals surface area contributed by atoms with Gasteiger partial charge in [-0.3, -0.25) is 4.68 Å². The second-order valence-electron chi connectivity index (χ2n) is 5.06. The van der Waals surface area contributed by atoms with Gasteiger partial charge in [0.2, 0.25) is 0 Å². The Morgan fingerprint density at radius 1 is 1.27 bits per heavy atom. The molecule has 3 rings (SSSR count). The van der Waals surface area contributed by atoms with Crippen LogP contribution in [0.15, 0.2) is 30.6 Å². The van der Waals surface area contributed by atoms with Crippen molar-refractivity contribution in [3.8, 4) is 0 Å². The molecular formula is C15H16FN5O. The van der Waals surface area contributed by atoms with Crippen molar-refractivity contribution >= 4 is 16.9 Å². The highest BCUT2D eigenvalue weighted by Crippen LogP contribution is 2.26. The molecule has 0 aliphatic heterocycles. The number of halogens is 1. The number of aliphatic hydroxyl groups excluding tert-OH is 1. The van der Waals surface area contributed by atoms with E-state index in [4.69, 9.17) is 0 Å². The zero-order valence-electron chi connectivity index (χ0n) is 12.3. The maximum atomic E-state index is 13.0. The van der Waals surface area contributed by atoms with Gasteiger partial charge in [-0.15, -0.1) is 0 Å². The minimum absolute atomic E-state index is 0.142. The van der Waals surface area contributed by atoms with E-state index >= 15 is 0 Å². The largest absolute Gasteiger partial charge is 0.394 e. The minimum atomic E-state index is -0.390. The third-order valence-electron chi connectivity index (χ3n) is 3.56. The molecule has 2 aromatic heterocycles. The molecule has 0 saturated heterocycles. The molecule has 0 unspecified atom stereocenters. The number of hydrogen-bond acceptors (Lipinski definition) is 5. The molecule has 2 heterocycles. The zero-order valence-corrected chi connectivity index (χ0v) is 12.3. The van der Waals surface area contributed by atoms with Crippen LogP contribution in [0, 0.1) is 12.7 Å². The number of nitrogens with zero attached hydrogens (tertiary/aromatic N) is 4. The summed E-state index contributed by atoms with van der Waals surface area (Å²) < 4.78 is 14.7. The molecule has 0 spiro atoms. The summed E-state index contributed by atoms with van der Waals surface area (Å²) in [6.45, 7) is 1.74. The lowest BCUT2D eigenvalue weighted by Crippen LogP contribution is -2.16. The number of anilines is 1. The number of benzene rings is 1. The minimum Gasteiger partial charge on any atom is -0.394 e. The van der Waals surface area contributed by atoms with Crippen molar-refractivity contribution in [3.05, 3.63) is 47.7 Å². The van der Waals surface area contributed by atoms with Crippen molar-refractivity contribution in [1.29, 1.82) is 0 Å². The SMILES string of the molecule is Cc1nn(C)c2ncnc(N[C@@H](CO)c3ccc(F)cc3)c12. The lowest BCUT2D eigenvalue weighted by Gasteiger charge is -2.17. The predicted octanol–water partition coefficient (Wildman–Crippen LogP) is 1.96. The van der Waals surface area contributed by atoms with Gasteiger partial charge < -0.3 is 10.4 Å². The van der Waals surface area contributed by atoms with Gasteiger partial charge in [0.05, 0.1) is 23.7 Å². The van der Waals surface area contributed by atoms with E-state index in [1.54, 1.807) is 16.8 Å². The molecule has 0 amide bonds. The lowest BCUT2D eigenvalue weighted by molar-refractivity contribution is 0.276. The molecule has 7 heteroatoms. The molecule has 0 fully saturated rings. The molecule has 0 radical (unpaired) electrons. The quantitative estimate of drug-likeness (QED) is 0.770. The second kappa shape index (κ2) is 5.69. The van der Waals surface area contributed by atoms with Crippen LogP contribution in [0.4, 0.5) is 10.2 Å². The summed E-state index contributed by atoms with van der Waals surface area (Å²) in [4.78, 5) is 8.47. The summed E-state index contributed by atoms with van der Waals surface area (Å²) in [5.74, 6) is 0.284. The van der Waals surface area contributed by atoms with Crippen molar-refractivity contribution in [2.24, 2.45) is 7.05 Å². The van der Waals surface area contributed by atoms with Gasteiger partial charge in [-0.1, -0.05) is 12.1 Å². The molecule has 1 aromatic carbocycles. The van der Waals surface area contributed by atoms with Crippen molar-refractivity contribution in [1.82, 2.24) is 19.7 Å². The number of hydrogen-bond donors (Lipinski definition) is 2. The number of rotatable bonds is 4. The van der Waals surface area contributed by atoms with Gasteiger partial charge >= 0.3 is 0 Å². The van der Waals surface area contributed by atoms with Crippen molar-refractivity contribution in [2.45, 2.75) is 13.0 Å². The first-order valence-corrected chi connectivity index (χ1v) is 6.87. The highest BCUT2D eigenvalue weighted by molar-refractivity contribution is 5.89. The van der Waals surface area contributed by atoms with Gasteiger partial charge in [-0.05, 0) is 24.6 Å². The van der Waals surface area contributed by atoms with Gasteiger partial charge in [0.1, 0.15) is 18.0 Å². The summed E-state index contributed by atoms with van der Waals surface area (Å²) in [7, 11) is 1.82. The molecule has 114 valence electrons. The first kappa shape index (κ1) is 14.4. The average Bonchev–Trinajstić information content (AvgIpc) is 2.81. The third kappa shape index (κ3) is 2.50. The monoisotopic (exact) mass is 301 g/mol. The van der Waals surface area contributed by atoms with E-state index in [1.165, 1.54) is 18.5 Å². The van der Waals surface area contributed by atoms with Crippen molar-refractivity contribution in [3.63, 3.8) is 0 Å². The van der Waals surface area contributed by atoms with Crippen LogP contribution in [0.5, 0.6) is 0 Å². The molecule has 3 aromatic rings. The van der Waals surface area contributed by atoms with Gasteiger partial charge in [0, 0.05) is 7.05 Å². The smallest absolute Gasteiger partial charge is 0.163 e. The molecule has 1 atom stereocenters. The number of aryl methyl sites for hydroxylation is 2. The van der Waals surface area contributed by atoms with Crippen LogP contribution in [0.25, 0.3) is 11.0 Å². The summed E-state index contributed by atoms with van der Waals surface area (Å²) >= 11 is 0. The third-order valence-corrected chi connectivity index (χ3v) is 3.56. The Labute approximate surface area is 126 Å². The van der Waals surface area contributed by atoms with E-state index in [-0.39, 0.29) is 12.4 Å². The van der Waals surface area contributed by atoms with Crippen LogP contribution in [0.3, 0.4) is 0 Å². The molecule has 0 saturated carbocycles. The molecule has 6 nitrogen and oxygen atoms in total. The fourth-order valence-corrected chi connectivity index (χ4v) is 2.48. The Hall–Kier alpha value is -2.54. The predicted molar refractivity (Wildman–Crippen MR) is 80.9 cm³/mol. The molecule has 22 heavy (non-hydrogen) atoms. The van der Waals surface area contributed by atoms with Crippen LogP contribution < -0.4 is 5.32 Å². The van der Waals surface area contributed by atoms with Crippen LogP contribution in [0.2, 0.25) is 0 Å². The van der Waals surface area contributed by atoms with Gasteiger partial charge in [0.25, 0.3) is 0 Å². The topological polar surface area (TPSA) is 75.9 Å². The summed E-state index contributed by atoms with van der Waals surface area (Å²) in [6, 6.07) is 5.61. The van der Waals surface area contributed by atoms with E-state index in [2.05, 4.69) is 20.4 Å². The van der Waals surface area contributed by atoms with E-state index in [1.807, 2.05) is 14.0 Å². The normalized spacial score (nSPS) is 12.5. The van der Waals surface area contributed by atoms with Crippen LogP contribution in [-0.4, -0.2) is 31.5 Å². The highest BCUT2D eigenvalue weighted by atomic mass is 19.1. The number of nitrogens with one attached hydrogen (secondary N) is 1. The van der Waals surface area contributed by atoms with Crippen LogP contribution >= 0.6 is 0 Å². The van der Waals surface area contributed by atoms with E-state index in [0.717, 1.165) is 16.6 Å². The Morgan fingerprint density at radius 2 is 2.00 bits per heavy atom. The lowest BCUT2D eigenvalue weighted by atomic mass is 10.1. The summed E-state index contributed by atoms with van der Waals surface area (Å²) in [5, 5.41) is 18.0. The van der Waals surface area contributed by atoms with E-state index in [9.17, 15) is 9.50 Å². The molecular weight excluding hydrogens is 285 g/mol. The van der Waals surface area contributed by atoms with Crippen molar-refractivity contribution < 1.29 is 9.50 Å². The maximum Gasteiger partial charge on any atom is 0.163 e. The molecule has 0 bridgehead atoms. The number of aliphatic hydroxyl groups is 1. The van der Waals surface area contributed by atoms with Gasteiger partial charge in [0.15, 0.2) is 5.65 Å². The highest BCUT2D eigenvalue weighted by Gasteiger charge is 2.16. The summed E-state index contributed by atoms with van der Waals surface area (Å²) in [5.41, 5.74) is 2.29. The first-order valence-electron chi connectivity index (χ1n) is 6.87. The fraction of sp³-hybridized carbons (Fsp3) is 0.267. The zero-order chi connectivity index (χ0) is 15.7. The van der Waals surface area contributed by atoms with Gasteiger partial charge in [-0.25, -0.2) is 14.4 Å². The Kier molecular flexibility index (Phi) is 3.72. The number of fused-ring (bicyclic) bond motifs is 1. The first-order chi connectivity index (χ1) is 10.6. The van der Waals surface area contributed by atoms with Crippen molar-refractivity contribution in [2.75, 3.05) is 11.9 Å². The summed E-state index contributed by atoms with van der Waals surface area (Å²) in [6.07, 6.45) is 1.45. The molecule has 0 aliphatic carbocycles. The standard InChI is InChI=1S/C15H16FN5O/c1-9-13-14(17-8-18-15(13)21(2)20-9)19-12(7-22)10-3-5-11(16)6-4-10/h3-6,8,12,22H,7H2,1-2H3,(H,17,18,19)/t12-/m0/s1. The average molecular weight is 301 g/mol. The molecule has 0 aliphatic rings. The van der Waals surface area contributed by atoms with Gasteiger partial charge in [-0.2, -0.15) is 5.10 Å². The Balaban J connectivity index is 1.99. The van der Waals surface area contributed by atoms with Crippen LogP contribution in [-0.2, 0) is 7.05 Å². The Bertz CT molecular complexity index is 800. The van der Waals surface area contributed by atoms with E-state index in [0.29, 0.717) is 11.5 Å². The maximum absolute atomic E-state index is 13.0. The fourth-order valence-electron chi connectivity index (χ4n) is 2.48. The van der Waals surface area contributed by atoms with Crippen LogP contribution in [0.1, 0.15) is 17.3 Å². The molecule has 2 N–H and O–H groups in total. The number of aromatic nitrogens is 4. The Morgan fingerprint density at radius 3 is 2.68 bits per heavy atom. The second-order valence-corrected chi connectivity index (χ2v) is 5.06. The van der Waals surface area contributed by atoms with E-state index < -0.39 is 6.04 Å².